The molecule has 116 valence electrons. The van der Waals surface area contributed by atoms with Crippen molar-refractivity contribution in [2.75, 3.05) is 10.2 Å². The lowest BCUT2D eigenvalue weighted by Gasteiger charge is -2.15. The Morgan fingerprint density at radius 1 is 1.04 bits per heavy atom. The molecule has 0 aliphatic carbocycles. The first-order valence-corrected chi connectivity index (χ1v) is 7.23. The summed E-state index contributed by atoms with van der Waals surface area (Å²) in [6, 6.07) is 12.4. The third-order valence-electron chi connectivity index (χ3n) is 3.40. The molecule has 0 bridgehead atoms. The minimum absolute atomic E-state index is 0.00610. The van der Waals surface area contributed by atoms with Crippen molar-refractivity contribution in [3.63, 3.8) is 0 Å². The van der Waals surface area contributed by atoms with Gasteiger partial charge in [0.2, 0.25) is 0 Å². The molecule has 0 radical (unpaired) electrons. The third-order valence-corrected chi connectivity index (χ3v) is 3.75. The molecule has 2 amide bonds. The lowest BCUT2D eigenvalue weighted by Crippen LogP contribution is -2.32. The van der Waals surface area contributed by atoms with Crippen LogP contribution in [0.2, 0.25) is 0 Å². The van der Waals surface area contributed by atoms with Crippen LogP contribution >= 0.6 is 11.6 Å². The van der Waals surface area contributed by atoms with Gasteiger partial charge in [0.1, 0.15) is 16.5 Å². The zero-order chi connectivity index (χ0) is 16.6. The van der Waals surface area contributed by atoms with E-state index in [-0.39, 0.29) is 16.4 Å². The van der Waals surface area contributed by atoms with Gasteiger partial charge in [0.15, 0.2) is 0 Å². The number of amides is 2. The molecule has 23 heavy (non-hydrogen) atoms. The number of anilines is 2. The first-order valence-electron chi connectivity index (χ1n) is 6.85. The van der Waals surface area contributed by atoms with Crippen LogP contribution in [0.25, 0.3) is 0 Å². The summed E-state index contributed by atoms with van der Waals surface area (Å²) in [6.45, 7) is 1.91. The summed E-state index contributed by atoms with van der Waals surface area (Å²) in [5.41, 5.74) is 1.92. The summed E-state index contributed by atoms with van der Waals surface area (Å²) in [6.07, 6.45) is 0. The van der Waals surface area contributed by atoms with Crippen molar-refractivity contribution in [2.45, 2.75) is 6.92 Å². The molecule has 0 atom stereocenters. The summed E-state index contributed by atoms with van der Waals surface area (Å²) < 4.78 is 13.0. The Balaban J connectivity index is 1.91. The number of rotatable bonds is 3. The van der Waals surface area contributed by atoms with E-state index >= 15 is 0 Å². The maximum atomic E-state index is 13.0. The maximum Gasteiger partial charge on any atom is 0.283 e. The minimum Gasteiger partial charge on any atom is -0.350 e. The van der Waals surface area contributed by atoms with E-state index in [1.807, 2.05) is 25.1 Å². The number of aryl methyl sites for hydroxylation is 1. The predicted molar refractivity (Wildman–Crippen MR) is 86.6 cm³/mol. The normalized spacial score (nSPS) is 14.7. The number of nitrogens with zero attached hydrogens (tertiary/aromatic N) is 1. The standard InChI is InChI=1S/C17H12ClFN2O2/c1-10-3-2-4-12(9-10)20-15-14(18)16(22)21(17(15)23)13-7-5-11(19)6-8-13/h2-9,20H,1H3. The predicted octanol–water partition coefficient (Wildman–Crippen LogP) is 3.57. The van der Waals surface area contributed by atoms with Crippen molar-refractivity contribution in [1.82, 2.24) is 0 Å². The van der Waals surface area contributed by atoms with E-state index < -0.39 is 17.6 Å². The van der Waals surface area contributed by atoms with Gasteiger partial charge < -0.3 is 5.32 Å². The van der Waals surface area contributed by atoms with Crippen LogP contribution in [0, 0.1) is 12.7 Å². The molecule has 0 aromatic heterocycles. The van der Waals surface area contributed by atoms with Crippen LogP contribution in [0.3, 0.4) is 0 Å². The molecule has 0 spiro atoms. The number of benzene rings is 2. The van der Waals surface area contributed by atoms with Crippen LogP contribution in [0.15, 0.2) is 59.3 Å². The number of carbonyl (C=O) groups is 2. The molecule has 1 N–H and O–H groups in total. The fraction of sp³-hybridized carbons (Fsp3) is 0.0588. The molecular formula is C17H12ClFN2O2. The molecule has 6 heteroatoms. The zero-order valence-corrected chi connectivity index (χ0v) is 12.9. The van der Waals surface area contributed by atoms with E-state index in [0.717, 1.165) is 10.5 Å². The van der Waals surface area contributed by atoms with Crippen molar-refractivity contribution in [3.8, 4) is 0 Å². The molecular weight excluding hydrogens is 319 g/mol. The Hall–Kier alpha value is -2.66. The lowest BCUT2D eigenvalue weighted by atomic mass is 10.2. The Bertz CT molecular complexity index is 831. The molecule has 0 fully saturated rings. The molecule has 3 rings (SSSR count). The van der Waals surface area contributed by atoms with Crippen molar-refractivity contribution >= 4 is 34.8 Å². The number of halogens is 2. The molecule has 2 aromatic carbocycles. The Labute approximate surface area is 137 Å². The number of imide groups is 1. The largest absolute Gasteiger partial charge is 0.350 e. The third kappa shape index (κ3) is 2.83. The summed E-state index contributed by atoms with van der Waals surface area (Å²) >= 11 is 6.02. The van der Waals surface area contributed by atoms with E-state index in [4.69, 9.17) is 11.6 Å². The van der Waals surface area contributed by atoms with Crippen molar-refractivity contribution in [3.05, 3.63) is 70.6 Å². The van der Waals surface area contributed by atoms with Gasteiger partial charge in [-0.05, 0) is 48.9 Å². The highest BCUT2D eigenvalue weighted by Crippen LogP contribution is 2.30. The van der Waals surface area contributed by atoms with Crippen molar-refractivity contribution in [2.24, 2.45) is 0 Å². The molecule has 1 aliphatic heterocycles. The summed E-state index contributed by atoms with van der Waals surface area (Å²) in [4.78, 5) is 25.7. The lowest BCUT2D eigenvalue weighted by molar-refractivity contribution is -0.120. The fourth-order valence-corrected chi connectivity index (χ4v) is 2.52. The van der Waals surface area contributed by atoms with Gasteiger partial charge in [-0.2, -0.15) is 0 Å². The van der Waals surface area contributed by atoms with Crippen LogP contribution in [0.1, 0.15) is 5.56 Å². The quantitative estimate of drug-likeness (QED) is 0.875. The minimum atomic E-state index is -0.640. The highest BCUT2D eigenvalue weighted by atomic mass is 35.5. The van der Waals surface area contributed by atoms with Crippen LogP contribution < -0.4 is 10.2 Å². The van der Waals surface area contributed by atoms with E-state index in [1.165, 1.54) is 24.3 Å². The van der Waals surface area contributed by atoms with Gasteiger partial charge in [0.25, 0.3) is 11.8 Å². The topological polar surface area (TPSA) is 49.4 Å². The number of hydrogen-bond acceptors (Lipinski definition) is 3. The van der Waals surface area contributed by atoms with Crippen molar-refractivity contribution < 1.29 is 14.0 Å². The van der Waals surface area contributed by atoms with Gasteiger partial charge in [-0.3, -0.25) is 9.59 Å². The van der Waals surface area contributed by atoms with Crippen LogP contribution in [-0.2, 0) is 9.59 Å². The maximum absolute atomic E-state index is 13.0. The van der Waals surface area contributed by atoms with E-state index in [1.54, 1.807) is 6.07 Å². The van der Waals surface area contributed by atoms with Gasteiger partial charge in [0, 0.05) is 5.69 Å². The molecule has 4 nitrogen and oxygen atoms in total. The SMILES string of the molecule is Cc1cccc(NC2=C(Cl)C(=O)N(c3ccc(F)cc3)C2=O)c1. The Morgan fingerprint density at radius 3 is 2.39 bits per heavy atom. The van der Waals surface area contributed by atoms with E-state index in [2.05, 4.69) is 5.32 Å². The Morgan fingerprint density at radius 2 is 1.74 bits per heavy atom. The molecule has 0 saturated carbocycles. The zero-order valence-electron chi connectivity index (χ0n) is 12.1. The molecule has 1 aliphatic rings. The monoisotopic (exact) mass is 330 g/mol. The number of nitrogens with one attached hydrogen (secondary N) is 1. The van der Waals surface area contributed by atoms with Gasteiger partial charge in [-0.1, -0.05) is 23.7 Å². The van der Waals surface area contributed by atoms with Crippen LogP contribution in [0.4, 0.5) is 15.8 Å². The Kier molecular flexibility index (Phi) is 3.88. The molecule has 0 saturated heterocycles. The molecule has 0 unspecified atom stereocenters. The number of hydrogen-bond donors (Lipinski definition) is 1. The van der Waals surface area contributed by atoms with Crippen molar-refractivity contribution in [1.29, 1.82) is 0 Å². The summed E-state index contributed by atoms with van der Waals surface area (Å²) in [5.74, 6) is -1.67. The van der Waals surface area contributed by atoms with Crippen LogP contribution in [0.5, 0.6) is 0 Å². The number of carbonyl (C=O) groups excluding carboxylic acids is 2. The van der Waals surface area contributed by atoms with Gasteiger partial charge >= 0.3 is 0 Å². The van der Waals surface area contributed by atoms with E-state index in [0.29, 0.717) is 5.69 Å². The van der Waals surface area contributed by atoms with Gasteiger partial charge in [0.05, 0.1) is 5.69 Å². The fourth-order valence-electron chi connectivity index (χ4n) is 2.30. The van der Waals surface area contributed by atoms with E-state index in [9.17, 15) is 14.0 Å². The first kappa shape index (κ1) is 15.2. The summed E-state index contributed by atoms with van der Waals surface area (Å²) in [5, 5.41) is 2.69. The van der Waals surface area contributed by atoms with Gasteiger partial charge in [-0.15, -0.1) is 0 Å². The molecule has 2 aromatic rings. The van der Waals surface area contributed by atoms with Gasteiger partial charge in [-0.25, -0.2) is 9.29 Å². The smallest absolute Gasteiger partial charge is 0.283 e. The molecule has 1 heterocycles. The van der Waals surface area contributed by atoms with Crippen LogP contribution in [-0.4, -0.2) is 11.8 Å². The second-order valence-corrected chi connectivity index (χ2v) is 5.48. The first-order chi connectivity index (χ1) is 11.0. The average molecular weight is 331 g/mol. The second-order valence-electron chi connectivity index (χ2n) is 5.11. The second kappa shape index (κ2) is 5.85. The summed E-state index contributed by atoms with van der Waals surface area (Å²) in [7, 11) is 0. The highest BCUT2D eigenvalue weighted by Gasteiger charge is 2.38. The average Bonchev–Trinajstić information content (AvgIpc) is 2.73. The highest BCUT2D eigenvalue weighted by molar-refractivity contribution is 6.53.